The van der Waals surface area contributed by atoms with E-state index in [0.717, 1.165) is 32.0 Å². The lowest BCUT2D eigenvalue weighted by Crippen LogP contribution is -2.22. The van der Waals surface area contributed by atoms with Crippen LogP contribution in [0, 0.1) is 5.92 Å². The maximum atomic E-state index is 10.5. The maximum Gasteiger partial charge on any atom is 0.303 e. The molecule has 1 saturated heterocycles. The second kappa shape index (κ2) is 7.56. The number of likely N-dealkylation sites (tertiary alicyclic amines) is 1. The van der Waals surface area contributed by atoms with Crippen LogP contribution in [0.4, 0.5) is 0 Å². The van der Waals surface area contributed by atoms with Crippen LogP contribution in [0.1, 0.15) is 19.3 Å². The summed E-state index contributed by atoms with van der Waals surface area (Å²) >= 11 is 1.93. The molecule has 104 valence electrons. The second-order valence-electron chi connectivity index (χ2n) is 5.08. The van der Waals surface area contributed by atoms with Crippen molar-refractivity contribution in [2.24, 2.45) is 5.92 Å². The van der Waals surface area contributed by atoms with Crippen molar-refractivity contribution < 1.29 is 9.90 Å². The molecule has 0 aliphatic carbocycles. The first-order chi connectivity index (χ1) is 9.24. The van der Waals surface area contributed by atoms with Gasteiger partial charge >= 0.3 is 5.97 Å². The number of carbonyl (C=O) groups is 1. The molecule has 0 saturated carbocycles. The second-order valence-corrected chi connectivity index (χ2v) is 6.17. The molecule has 4 heteroatoms. The lowest BCUT2D eigenvalue weighted by molar-refractivity contribution is -0.137. The third-order valence-corrected chi connectivity index (χ3v) is 4.71. The van der Waals surface area contributed by atoms with E-state index in [9.17, 15) is 4.79 Å². The maximum absolute atomic E-state index is 10.5. The number of hydrogen-bond acceptors (Lipinski definition) is 3. The summed E-state index contributed by atoms with van der Waals surface area (Å²) in [6, 6.07) is 10.5. The predicted molar refractivity (Wildman–Crippen MR) is 78.6 cm³/mol. The topological polar surface area (TPSA) is 40.5 Å². The first kappa shape index (κ1) is 14.4. The minimum Gasteiger partial charge on any atom is -0.481 e. The molecular weight excluding hydrogens is 258 g/mol. The number of rotatable bonds is 7. The lowest BCUT2D eigenvalue weighted by atomic mass is 10.2. The van der Waals surface area contributed by atoms with Crippen LogP contribution in [0.2, 0.25) is 0 Å². The summed E-state index contributed by atoms with van der Waals surface area (Å²) in [4.78, 5) is 14.2. The average Bonchev–Trinajstić information content (AvgIpc) is 2.85. The average molecular weight is 279 g/mol. The van der Waals surface area contributed by atoms with Gasteiger partial charge in [-0.3, -0.25) is 4.79 Å². The molecule has 1 N–H and O–H groups in total. The number of benzene rings is 1. The molecule has 1 heterocycles. The largest absolute Gasteiger partial charge is 0.481 e. The minimum absolute atomic E-state index is 0.292. The van der Waals surface area contributed by atoms with Gasteiger partial charge in [0.15, 0.2) is 0 Å². The van der Waals surface area contributed by atoms with Crippen LogP contribution in [0.3, 0.4) is 0 Å². The number of thioether (sulfide) groups is 1. The molecule has 1 aromatic carbocycles. The molecule has 1 aromatic rings. The van der Waals surface area contributed by atoms with Gasteiger partial charge in [0.25, 0.3) is 0 Å². The molecule has 0 aromatic heterocycles. The smallest absolute Gasteiger partial charge is 0.303 e. The van der Waals surface area contributed by atoms with E-state index in [1.165, 1.54) is 17.1 Å². The van der Waals surface area contributed by atoms with Gasteiger partial charge in [0.2, 0.25) is 0 Å². The van der Waals surface area contributed by atoms with Crippen LogP contribution in [-0.4, -0.2) is 41.4 Å². The van der Waals surface area contributed by atoms with Crippen molar-refractivity contribution in [3.8, 4) is 0 Å². The molecule has 0 amide bonds. The highest BCUT2D eigenvalue weighted by molar-refractivity contribution is 7.99. The monoisotopic (exact) mass is 279 g/mol. The Bertz CT molecular complexity index is 396. The van der Waals surface area contributed by atoms with Crippen LogP contribution in [0.15, 0.2) is 35.2 Å². The molecule has 1 atom stereocenters. The Kier molecular flexibility index (Phi) is 5.73. The number of carboxylic acid groups (broad SMARTS) is 1. The molecule has 1 aliphatic rings. The van der Waals surface area contributed by atoms with Gasteiger partial charge < -0.3 is 10.0 Å². The number of nitrogens with zero attached hydrogens (tertiary/aromatic N) is 1. The van der Waals surface area contributed by atoms with Gasteiger partial charge in [-0.1, -0.05) is 18.2 Å². The minimum atomic E-state index is -0.685. The highest BCUT2D eigenvalue weighted by Gasteiger charge is 2.22. The number of hydrogen-bond donors (Lipinski definition) is 1. The zero-order valence-corrected chi connectivity index (χ0v) is 11.9. The van der Waals surface area contributed by atoms with Crippen molar-refractivity contribution in [1.29, 1.82) is 0 Å². The first-order valence-electron chi connectivity index (χ1n) is 6.86. The van der Waals surface area contributed by atoms with E-state index in [-0.39, 0.29) is 0 Å². The van der Waals surface area contributed by atoms with Crippen molar-refractivity contribution >= 4 is 17.7 Å². The summed E-state index contributed by atoms with van der Waals surface area (Å²) < 4.78 is 0. The molecule has 0 spiro atoms. The van der Waals surface area contributed by atoms with Gasteiger partial charge in [-0.05, 0) is 44.0 Å². The van der Waals surface area contributed by atoms with Crippen LogP contribution in [0.5, 0.6) is 0 Å². The summed E-state index contributed by atoms with van der Waals surface area (Å²) in [5.74, 6) is 1.23. The van der Waals surface area contributed by atoms with Crippen LogP contribution < -0.4 is 0 Å². The summed E-state index contributed by atoms with van der Waals surface area (Å²) in [7, 11) is 0. The molecule has 0 radical (unpaired) electrons. The van der Waals surface area contributed by atoms with Crippen LogP contribution in [0.25, 0.3) is 0 Å². The van der Waals surface area contributed by atoms with E-state index in [1.54, 1.807) is 0 Å². The van der Waals surface area contributed by atoms with E-state index in [2.05, 4.69) is 29.2 Å². The van der Waals surface area contributed by atoms with E-state index in [4.69, 9.17) is 5.11 Å². The fourth-order valence-electron chi connectivity index (χ4n) is 2.44. The van der Waals surface area contributed by atoms with Gasteiger partial charge in [-0.25, -0.2) is 0 Å². The standard InChI is InChI=1S/C15H21NO2S/c17-15(18)7-4-9-16-10-8-13(11-16)12-19-14-5-2-1-3-6-14/h1-3,5-6,13H,4,7-12H2,(H,17,18)/t13-/m1/s1. The van der Waals surface area contributed by atoms with Crippen molar-refractivity contribution in [2.45, 2.75) is 24.2 Å². The Morgan fingerprint density at radius 3 is 2.89 bits per heavy atom. The Morgan fingerprint density at radius 1 is 1.37 bits per heavy atom. The lowest BCUT2D eigenvalue weighted by Gasteiger charge is -2.15. The summed E-state index contributed by atoms with van der Waals surface area (Å²) in [5.41, 5.74) is 0. The number of aliphatic carboxylic acids is 1. The molecule has 0 bridgehead atoms. The van der Waals surface area contributed by atoms with Crippen LogP contribution >= 0.6 is 11.8 Å². The van der Waals surface area contributed by atoms with E-state index >= 15 is 0 Å². The molecular formula is C15H21NO2S. The van der Waals surface area contributed by atoms with Gasteiger partial charge in [0.1, 0.15) is 0 Å². The molecule has 1 fully saturated rings. The van der Waals surface area contributed by atoms with Crippen molar-refractivity contribution in [3.05, 3.63) is 30.3 Å². The highest BCUT2D eigenvalue weighted by atomic mass is 32.2. The van der Waals surface area contributed by atoms with E-state index in [1.807, 2.05) is 17.8 Å². The van der Waals surface area contributed by atoms with Crippen molar-refractivity contribution in [3.63, 3.8) is 0 Å². The van der Waals surface area contributed by atoms with Gasteiger partial charge in [0.05, 0.1) is 0 Å². The Hall–Kier alpha value is -1.00. The normalized spacial score (nSPS) is 19.7. The highest BCUT2D eigenvalue weighted by Crippen LogP contribution is 2.25. The van der Waals surface area contributed by atoms with Crippen molar-refractivity contribution in [1.82, 2.24) is 4.90 Å². The van der Waals surface area contributed by atoms with Crippen molar-refractivity contribution in [2.75, 3.05) is 25.4 Å². The molecule has 1 aliphatic heterocycles. The summed E-state index contributed by atoms with van der Waals surface area (Å²) in [6.45, 7) is 3.18. The fraction of sp³-hybridized carbons (Fsp3) is 0.533. The zero-order valence-electron chi connectivity index (χ0n) is 11.1. The van der Waals surface area contributed by atoms with E-state index in [0.29, 0.717) is 6.42 Å². The SMILES string of the molecule is O=C(O)CCCN1CC[C@@H](CSc2ccccc2)C1. The van der Waals surface area contributed by atoms with Gasteiger partial charge in [-0.2, -0.15) is 0 Å². The molecule has 2 rings (SSSR count). The third kappa shape index (κ3) is 5.25. The van der Waals surface area contributed by atoms with Gasteiger partial charge in [-0.15, -0.1) is 11.8 Å². The molecule has 0 unspecified atom stereocenters. The molecule has 3 nitrogen and oxygen atoms in total. The Balaban J connectivity index is 1.63. The summed E-state index contributed by atoms with van der Waals surface area (Å²) in [6.07, 6.45) is 2.31. The van der Waals surface area contributed by atoms with E-state index < -0.39 is 5.97 Å². The van der Waals surface area contributed by atoms with Crippen LogP contribution in [-0.2, 0) is 4.79 Å². The number of carboxylic acids is 1. The first-order valence-corrected chi connectivity index (χ1v) is 7.84. The zero-order chi connectivity index (χ0) is 13.5. The fourth-order valence-corrected chi connectivity index (χ4v) is 3.49. The Morgan fingerprint density at radius 2 is 2.16 bits per heavy atom. The van der Waals surface area contributed by atoms with Gasteiger partial charge in [0, 0.05) is 23.6 Å². The molecule has 19 heavy (non-hydrogen) atoms. The Labute approximate surface area is 119 Å². The summed E-state index contributed by atoms with van der Waals surface area (Å²) in [5, 5.41) is 8.63. The predicted octanol–water partition coefficient (Wildman–Crippen LogP) is 2.97. The third-order valence-electron chi connectivity index (χ3n) is 3.46. The quantitative estimate of drug-likeness (QED) is 0.779.